The van der Waals surface area contributed by atoms with E-state index in [1.165, 1.54) is 0 Å². The van der Waals surface area contributed by atoms with E-state index >= 15 is 0 Å². The zero-order valence-electron chi connectivity index (χ0n) is 11.6. The lowest BCUT2D eigenvalue weighted by molar-refractivity contribution is -0.130. The smallest absolute Gasteiger partial charge is 0.227 e. The Labute approximate surface area is 117 Å². The predicted molar refractivity (Wildman–Crippen MR) is 75.0 cm³/mol. The van der Waals surface area contributed by atoms with Gasteiger partial charge in [-0.3, -0.25) is 9.20 Å². The molecule has 1 amide bonds. The van der Waals surface area contributed by atoms with E-state index in [9.17, 15) is 4.79 Å². The van der Waals surface area contributed by atoms with Crippen LogP contribution in [-0.4, -0.2) is 33.6 Å². The molecular weight excluding hydrogens is 254 g/mol. The minimum atomic E-state index is -0.263. The lowest BCUT2D eigenvalue weighted by Crippen LogP contribution is -2.42. The second-order valence-corrected chi connectivity index (χ2v) is 5.29. The molecule has 1 unspecified atom stereocenters. The number of rotatable bonds is 4. The summed E-state index contributed by atoms with van der Waals surface area (Å²) < 4.78 is 1.89. The molecule has 0 aromatic carbocycles. The average Bonchev–Trinajstić information content (AvgIpc) is 3.12. The molecule has 1 fully saturated rings. The monoisotopic (exact) mass is 273 g/mol. The number of fused-ring (bicyclic) bond motifs is 1. The van der Waals surface area contributed by atoms with Gasteiger partial charge in [-0.15, -0.1) is 10.2 Å². The first kappa shape index (κ1) is 13.1. The van der Waals surface area contributed by atoms with Crippen LogP contribution in [0.4, 0.5) is 0 Å². The average molecular weight is 273 g/mol. The summed E-state index contributed by atoms with van der Waals surface area (Å²) in [4.78, 5) is 12.4. The van der Waals surface area contributed by atoms with Crippen molar-refractivity contribution in [2.24, 2.45) is 5.41 Å². The molecule has 0 spiro atoms. The summed E-state index contributed by atoms with van der Waals surface area (Å²) in [5, 5.41) is 14.5. The molecule has 2 aromatic rings. The SMILES string of the molecule is CCC1(C(=O)NCc2nnc3ccccn23)CCNC1. The molecule has 1 saturated heterocycles. The second-order valence-electron chi connectivity index (χ2n) is 5.29. The molecule has 1 aliphatic rings. The number of carbonyl (C=O) groups is 1. The van der Waals surface area contributed by atoms with Crippen molar-refractivity contribution in [3.63, 3.8) is 0 Å². The van der Waals surface area contributed by atoms with Gasteiger partial charge in [-0.05, 0) is 31.5 Å². The first-order chi connectivity index (χ1) is 9.75. The maximum Gasteiger partial charge on any atom is 0.227 e. The topological polar surface area (TPSA) is 71.3 Å². The van der Waals surface area contributed by atoms with E-state index in [1.807, 2.05) is 28.8 Å². The molecule has 0 bridgehead atoms. The maximum absolute atomic E-state index is 12.4. The van der Waals surface area contributed by atoms with Gasteiger partial charge in [0.05, 0.1) is 12.0 Å². The van der Waals surface area contributed by atoms with Crippen molar-refractivity contribution < 1.29 is 4.79 Å². The van der Waals surface area contributed by atoms with Crippen molar-refractivity contribution in [2.45, 2.75) is 26.3 Å². The molecule has 6 nitrogen and oxygen atoms in total. The Morgan fingerprint density at radius 3 is 3.15 bits per heavy atom. The summed E-state index contributed by atoms with van der Waals surface area (Å²) in [6, 6.07) is 5.74. The van der Waals surface area contributed by atoms with Crippen molar-refractivity contribution in [2.75, 3.05) is 13.1 Å². The molecule has 2 N–H and O–H groups in total. The van der Waals surface area contributed by atoms with Crippen LogP contribution >= 0.6 is 0 Å². The first-order valence-electron chi connectivity index (χ1n) is 7.03. The largest absolute Gasteiger partial charge is 0.348 e. The highest BCUT2D eigenvalue weighted by atomic mass is 16.2. The van der Waals surface area contributed by atoms with Gasteiger partial charge in [-0.25, -0.2) is 0 Å². The zero-order valence-corrected chi connectivity index (χ0v) is 11.6. The van der Waals surface area contributed by atoms with Crippen molar-refractivity contribution >= 4 is 11.6 Å². The summed E-state index contributed by atoms with van der Waals surface area (Å²) >= 11 is 0. The highest BCUT2D eigenvalue weighted by Gasteiger charge is 2.39. The predicted octanol–water partition coefficient (Wildman–Crippen LogP) is 0.735. The van der Waals surface area contributed by atoms with Crippen molar-refractivity contribution in [1.82, 2.24) is 25.2 Å². The minimum Gasteiger partial charge on any atom is -0.348 e. The van der Waals surface area contributed by atoms with Crippen LogP contribution in [0.15, 0.2) is 24.4 Å². The lowest BCUT2D eigenvalue weighted by Gasteiger charge is -2.24. The summed E-state index contributed by atoms with van der Waals surface area (Å²) in [6.45, 7) is 4.15. The number of nitrogens with one attached hydrogen (secondary N) is 2. The highest BCUT2D eigenvalue weighted by Crippen LogP contribution is 2.29. The van der Waals surface area contributed by atoms with Gasteiger partial charge in [0.15, 0.2) is 11.5 Å². The molecule has 3 rings (SSSR count). The van der Waals surface area contributed by atoms with E-state index < -0.39 is 0 Å². The highest BCUT2D eigenvalue weighted by molar-refractivity contribution is 5.83. The van der Waals surface area contributed by atoms with Crippen LogP contribution in [0.3, 0.4) is 0 Å². The van der Waals surface area contributed by atoms with Gasteiger partial charge in [0, 0.05) is 12.7 Å². The second kappa shape index (κ2) is 5.20. The van der Waals surface area contributed by atoms with Crippen LogP contribution in [0.2, 0.25) is 0 Å². The van der Waals surface area contributed by atoms with E-state index in [4.69, 9.17) is 0 Å². The Hall–Kier alpha value is -1.95. The maximum atomic E-state index is 12.4. The molecule has 0 saturated carbocycles. The molecular formula is C14H19N5O. The number of hydrogen-bond donors (Lipinski definition) is 2. The Kier molecular flexibility index (Phi) is 3.40. The lowest BCUT2D eigenvalue weighted by atomic mass is 9.83. The van der Waals surface area contributed by atoms with Gasteiger partial charge in [0.25, 0.3) is 0 Å². The molecule has 1 aliphatic heterocycles. The third-order valence-corrected chi connectivity index (χ3v) is 4.19. The first-order valence-corrected chi connectivity index (χ1v) is 7.03. The van der Waals surface area contributed by atoms with E-state index in [2.05, 4.69) is 27.8 Å². The van der Waals surface area contributed by atoms with Crippen molar-refractivity contribution in [1.29, 1.82) is 0 Å². The standard InChI is InChI=1S/C14H19N5O/c1-2-14(6-7-15-10-14)13(20)16-9-12-18-17-11-5-3-4-8-19(11)12/h3-5,8,15H,2,6-7,9-10H2,1H3,(H,16,20). The number of aromatic nitrogens is 3. The number of hydrogen-bond acceptors (Lipinski definition) is 4. The zero-order chi connectivity index (χ0) is 14.0. The fraction of sp³-hybridized carbons (Fsp3) is 0.500. The van der Waals surface area contributed by atoms with E-state index in [0.717, 1.165) is 37.4 Å². The van der Waals surface area contributed by atoms with Crippen LogP contribution in [0.25, 0.3) is 5.65 Å². The molecule has 1 atom stereocenters. The van der Waals surface area contributed by atoms with Gasteiger partial charge < -0.3 is 10.6 Å². The molecule has 0 radical (unpaired) electrons. The third-order valence-electron chi connectivity index (χ3n) is 4.19. The Morgan fingerprint density at radius 2 is 2.40 bits per heavy atom. The third kappa shape index (κ3) is 2.16. The quantitative estimate of drug-likeness (QED) is 0.861. The van der Waals surface area contributed by atoms with Crippen LogP contribution in [-0.2, 0) is 11.3 Å². The number of nitrogens with zero attached hydrogens (tertiary/aromatic N) is 3. The molecule has 3 heterocycles. The van der Waals surface area contributed by atoms with Gasteiger partial charge in [-0.2, -0.15) is 0 Å². The van der Waals surface area contributed by atoms with Crippen LogP contribution in [0.5, 0.6) is 0 Å². The van der Waals surface area contributed by atoms with Crippen LogP contribution in [0, 0.1) is 5.41 Å². The van der Waals surface area contributed by atoms with Crippen LogP contribution in [0.1, 0.15) is 25.6 Å². The Balaban J connectivity index is 1.71. The summed E-state index contributed by atoms with van der Waals surface area (Å²) in [7, 11) is 0. The fourth-order valence-electron chi connectivity index (χ4n) is 2.76. The minimum absolute atomic E-state index is 0.109. The fourth-order valence-corrected chi connectivity index (χ4v) is 2.76. The number of carbonyl (C=O) groups excluding carboxylic acids is 1. The summed E-state index contributed by atoms with van der Waals surface area (Å²) in [5.74, 6) is 0.865. The van der Waals surface area contributed by atoms with Crippen molar-refractivity contribution in [3.8, 4) is 0 Å². The molecule has 20 heavy (non-hydrogen) atoms. The van der Waals surface area contributed by atoms with Gasteiger partial charge in [-0.1, -0.05) is 13.0 Å². The van der Waals surface area contributed by atoms with E-state index in [0.29, 0.717) is 6.54 Å². The molecule has 0 aliphatic carbocycles. The number of amides is 1. The number of pyridine rings is 1. The Morgan fingerprint density at radius 1 is 1.50 bits per heavy atom. The van der Waals surface area contributed by atoms with Gasteiger partial charge in [0.2, 0.25) is 5.91 Å². The normalized spacial score (nSPS) is 22.2. The molecule has 6 heteroatoms. The molecule has 2 aromatic heterocycles. The van der Waals surface area contributed by atoms with E-state index in [1.54, 1.807) is 0 Å². The van der Waals surface area contributed by atoms with Crippen LogP contribution < -0.4 is 10.6 Å². The summed E-state index contributed by atoms with van der Waals surface area (Å²) in [5.41, 5.74) is 0.532. The van der Waals surface area contributed by atoms with Gasteiger partial charge in [0.1, 0.15) is 0 Å². The molecule has 106 valence electrons. The van der Waals surface area contributed by atoms with Crippen molar-refractivity contribution in [3.05, 3.63) is 30.2 Å². The van der Waals surface area contributed by atoms with E-state index in [-0.39, 0.29) is 11.3 Å². The van der Waals surface area contributed by atoms with Gasteiger partial charge >= 0.3 is 0 Å². The Bertz CT molecular complexity index is 615. The summed E-state index contributed by atoms with van der Waals surface area (Å²) in [6.07, 6.45) is 3.66.